The average Bonchev–Trinajstić information content (AvgIpc) is 2.93. The topological polar surface area (TPSA) is 66.5 Å². The normalized spacial score (nSPS) is 13.1. The van der Waals surface area contributed by atoms with Crippen molar-refractivity contribution in [1.29, 1.82) is 0 Å². The average molecular weight is 356 g/mol. The molecule has 1 N–H and O–H groups in total. The minimum atomic E-state index is -4.01. The first-order valence-corrected chi connectivity index (χ1v) is 8.96. The van der Waals surface area contributed by atoms with Crippen molar-refractivity contribution in [2.24, 2.45) is 0 Å². The molecular weight excluding hydrogens is 343 g/mol. The lowest BCUT2D eigenvalue weighted by molar-refractivity contribution is 0.103. The van der Waals surface area contributed by atoms with Crippen molar-refractivity contribution in [1.82, 2.24) is 0 Å². The Morgan fingerprint density at radius 2 is 1.76 bits per heavy atom. The van der Waals surface area contributed by atoms with Crippen LogP contribution in [0.25, 0.3) is 10.8 Å². The monoisotopic (exact) mass is 356 g/mol. The lowest BCUT2D eigenvalue weighted by atomic mass is 10.1. The van der Waals surface area contributed by atoms with Crippen molar-refractivity contribution >= 4 is 38.1 Å². The number of benzene rings is 3. The van der Waals surface area contributed by atoms with Gasteiger partial charge in [-0.1, -0.05) is 24.3 Å². The number of carbonyl (C=O) groups excluding carboxylic acids is 1. The number of hydrogen-bond donors (Lipinski definition) is 1. The van der Waals surface area contributed by atoms with E-state index >= 15 is 0 Å². The first kappa shape index (κ1) is 15.6. The number of nitrogens with one attached hydrogen (secondary N) is 1. The Labute approximate surface area is 143 Å². The van der Waals surface area contributed by atoms with E-state index in [4.69, 9.17) is 0 Å². The zero-order chi connectivity index (χ0) is 17.8. The van der Waals surface area contributed by atoms with Crippen molar-refractivity contribution in [2.75, 3.05) is 16.7 Å². The summed E-state index contributed by atoms with van der Waals surface area (Å²) in [5, 5.41) is 3.70. The van der Waals surface area contributed by atoms with E-state index in [-0.39, 0.29) is 16.5 Å². The molecule has 25 heavy (non-hydrogen) atoms. The highest BCUT2D eigenvalue weighted by atomic mass is 32.2. The number of halogens is 1. The number of nitrogens with zero attached hydrogens (tertiary/aromatic N) is 1. The maximum absolute atomic E-state index is 14.0. The number of amides is 1. The second-order valence-corrected chi connectivity index (χ2v) is 7.66. The largest absolute Gasteiger partial charge is 0.321 e. The van der Waals surface area contributed by atoms with Gasteiger partial charge in [0.25, 0.3) is 15.9 Å². The Kier molecular flexibility index (Phi) is 3.30. The van der Waals surface area contributed by atoms with Crippen molar-refractivity contribution in [3.05, 3.63) is 66.0 Å². The molecule has 0 fully saturated rings. The highest BCUT2D eigenvalue weighted by Crippen LogP contribution is 2.38. The second kappa shape index (κ2) is 5.29. The molecule has 0 radical (unpaired) electrons. The van der Waals surface area contributed by atoms with Gasteiger partial charge in [0.15, 0.2) is 0 Å². The van der Waals surface area contributed by atoms with Gasteiger partial charge >= 0.3 is 0 Å². The number of anilines is 2. The minimum Gasteiger partial charge on any atom is -0.321 e. The Morgan fingerprint density at radius 3 is 2.52 bits per heavy atom. The summed E-state index contributed by atoms with van der Waals surface area (Å²) < 4.78 is 41.1. The van der Waals surface area contributed by atoms with Crippen molar-refractivity contribution in [3.63, 3.8) is 0 Å². The van der Waals surface area contributed by atoms with Crippen LogP contribution in [0.4, 0.5) is 15.8 Å². The maximum atomic E-state index is 14.0. The van der Waals surface area contributed by atoms with Crippen molar-refractivity contribution < 1.29 is 17.6 Å². The number of carbonyl (C=O) groups is 1. The Hall–Kier alpha value is -2.93. The third-order valence-electron chi connectivity index (χ3n) is 4.32. The van der Waals surface area contributed by atoms with E-state index in [9.17, 15) is 17.6 Å². The first-order chi connectivity index (χ1) is 11.9. The van der Waals surface area contributed by atoms with Gasteiger partial charge in [0.2, 0.25) is 0 Å². The molecule has 0 saturated heterocycles. The van der Waals surface area contributed by atoms with E-state index in [2.05, 4.69) is 5.32 Å². The van der Waals surface area contributed by atoms with Crippen LogP contribution in [0.1, 0.15) is 10.4 Å². The highest BCUT2D eigenvalue weighted by Gasteiger charge is 2.29. The molecule has 0 spiro atoms. The number of rotatable bonds is 3. The third-order valence-corrected chi connectivity index (χ3v) is 6.15. The standard InChI is InChI=1S/C18H13FN2O3S/c1-21(15-8-3-2-7-13(15)19)25(23,24)16-10-9-14-17-11(16)5-4-6-12(17)18(22)20-14/h2-10H,1H3,(H,20,22). The molecule has 4 rings (SSSR count). The first-order valence-electron chi connectivity index (χ1n) is 7.52. The van der Waals surface area contributed by atoms with Crippen molar-refractivity contribution in [3.8, 4) is 0 Å². The SMILES string of the molecule is CN(c1ccccc1F)S(=O)(=O)c1ccc2c3c(cccc13)C(=O)N2. The Balaban J connectivity index is 1.95. The lowest BCUT2D eigenvalue weighted by Crippen LogP contribution is -2.27. The summed E-state index contributed by atoms with van der Waals surface area (Å²) in [6.07, 6.45) is 0. The smallest absolute Gasteiger partial charge is 0.264 e. The summed E-state index contributed by atoms with van der Waals surface area (Å²) in [5.74, 6) is -0.894. The van der Waals surface area contributed by atoms with E-state index in [1.807, 2.05) is 0 Å². The van der Waals surface area contributed by atoms with Crippen LogP contribution in [0.2, 0.25) is 0 Å². The molecule has 3 aromatic rings. The van der Waals surface area contributed by atoms with Gasteiger partial charge in [-0.05, 0) is 30.3 Å². The summed E-state index contributed by atoms with van der Waals surface area (Å²) in [5.41, 5.74) is 0.959. The Morgan fingerprint density at radius 1 is 1.00 bits per heavy atom. The van der Waals surface area contributed by atoms with Crippen LogP contribution in [-0.4, -0.2) is 21.4 Å². The molecule has 7 heteroatoms. The van der Waals surface area contributed by atoms with Crippen LogP contribution in [-0.2, 0) is 10.0 Å². The molecule has 0 unspecified atom stereocenters. The van der Waals surface area contributed by atoms with Crippen LogP contribution in [0, 0.1) is 5.82 Å². The lowest BCUT2D eigenvalue weighted by Gasteiger charge is -2.21. The molecule has 0 atom stereocenters. The fourth-order valence-corrected chi connectivity index (χ4v) is 4.46. The molecule has 1 amide bonds. The number of para-hydroxylation sites is 1. The van der Waals surface area contributed by atoms with Gasteiger partial charge < -0.3 is 5.32 Å². The summed E-state index contributed by atoms with van der Waals surface area (Å²) in [6.45, 7) is 0. The molecule has 0 saturated carbocycles. The quantitative estimate of drug-likeness (QED) is 0.782. The van der Waals surface area contributed by atoms with Crippen LogP contribution in [0.15, 0.2) is 59.5 Å². The van der Waals surface area contributed by atoms with E-state index in [1.54, 1.807) is 30.3 Å². The summed E-state index contributed by atoms with van der Waals surface area (Å²) in [4.78, 5) is 12.0. The van der Waals surface area contributed by atoms with Crippen LogP contribution in [0.5, 0.6) is 0 Å². The predicted octanol–water partition coefficient (Wildman–Crippen LogP) is 3.37. The molecule has 0 bridgehead atoms. The molecule has 5 nitrogen and oxygen atoms in total. The zero-order valence-electron chi connectivity index (χ0n) is 13.2. The van der Waals surface area contributed by atoms with Gasteiger partial charge in [-0.25, -0.2) is 12.8 Å². The van der Waals surface area contributed by atoms with Gasteiger partial charge in [-0.15, -0.1) is 0 Å². The van der Waals surface area contributed by atoms with Crippen LogP contribution >= 0.6 is 0 Å². The molecule has 1 heterocycles. The van der Waals surface area contributed by atoms with Crippen LogP contribution in [0.3, 0.4) is 0 Å². The summed E-state index contributed by atoms with van der Waals surface area (Å²) >= 11 is 0. The minimum absolute atomic E-state index is 0.0235. The molecular formula is C18H13FN2O3S. The fraction of sp³-hybridized carbons (Fsp3) is 0.0556. The maximum Gasteiger partial charge on any atom is 0.264 e. The van der Waals surface area contributed by atoms with Gasteiger partial charge in [0.05, 0.1) is 10.6 Å². The van der Waals surface area contributed by atoms with Gasteiger partial charge in [-0.2, -0.15) is 0 Å². The van der Waals surface area contributed by atoms with E-state index in [0.717, 1.165) is 4.31 Å². The van der Waals surface area contributed by atoms with E-state index in [0.29, 0.717) is 22.0 Å². The number of hydrogen-bond acceptors (Lipinski definition) is 3. The molecule has 1 aliphatic rings. The van der Waals surface area contributed by atoms with Gasteiger partial charge in [0.1, 0.15) is 5.82 Å². The molecule has 1 aliphatic heterocycles. The fourth-order valence-electron chi connectivity index (χ4n) is 3.07. The number of sulfonamides is 1. The van der Waals surface area contributed by atoms with Gasteiger partial charge in [-0.3, -0.25) is 9.10 Å². The van der Waals surface area contributed by atoms with Crippen molar-refractivity contribution in [2.45, 2.75) is 4.90 Å². The van der Waals surface area contributed by atoms with E-state index < -0.39 is 15.8 Å². The molecule has 0 aliphatic carbocycles. The van der Waals surface area contributed by atoms with E-state index in [1.165, 1.54) is 31.3 Å². The molecule has 3 aromatic carbocycles. The summed E-state index contributed by atoms with van der Waals surface area (Å²) in [7, 11) is -2.70. The predicted molar refractivity (Wildman–Crippen MR) is 93.9 cm³/mol. The Bertz CT molecular complexity index is 1140. The zero-order valence-corrected chi connectivity index (χ0v) is 14.0. The summed E-state index contributed by atoms with van der Waals surface area (Å²) in [6, 6.07) is 13.6. The third kappa shape index (κ3) is 2.20. The van der Waals surface area contributed by atoms with Gasteiger partial charge in [0, 0.05) is 29.1 Å². The highest BCUT2D eigenvalue weighted by molar-refractivity contribution is 7.93. The van der Waals surface area contributed by atoms with Crippen LogP contribution < -0.4 is 9.62 Å². The second-order valence-electron chi connectivity index (χ2n) is 5.72. The molecule has 0 aromatic heterocycles. The molecule has 126 valence electrons.